The van der Waals surface area contributed by atoms with E-state index in [9.17, 15) is 4.79 Å². The van der Waals surface area contributed by atoms with Crippen molar-refractivity contribution in [2.75, 3.05) is 7.11 Å². The summed E-state index contributed by atoms with van der Waals surface area (Å²) >= 11 is 0. The summed E-state index contributed by atoms with van der Waals surface area (Å²) in [5, 5.41) is 9.84. The molecule has 0 fully saturated rings. The number of para-hydroxylation sites is 1. The van der Waals surface area contributed by atoms with Crippen LogP contribution in [0, 0.1) is 0 Å². The Hall–Kier alpha value is -2.62. The number of carboxylic acids is 1. The molecule has 4 nitrogen and oxygen atoms in total. The molecule has 1 heterocycles. The number of ether oxygens (including phenoxy) is 1. The molecular formula is C15H13NO3. The summed E-state index contributed by atoms with van der Waals surface area (Å²) in [5.41, 5.74) is 1.66. The van der Waals surface area contributed by atoms with Gasteiger partial charge in [0.15, 0.2) is 0 Å². The van der Waals surface area contributed by atoms with Gasteiger partial charge in [0, 0.05) is 5.39 Å². The smallest absolute Gasteiger partial charge is 0.371 e. The summed E-state index contributed by atoms with van der Waals surface area (Å²) in [5.74, 6) is -1.21. The number of aliphatic carboxylic acids is 1. The van der Waals surface area contributed by atoms with Crippen LogP contribution in [-0.4, -0.2) is 23.2 Å². The molecule has 0 unspecified atom stereocenters. The fourth-order valence-electron chi connectivity index (χ4n) is 1.64. The molecule has 0 radical (unpaired) electrons. The zero-order valence-electron chi connectivity index (χ0n) is 10.4. The summed E-state index contributed by atoms with van der Waals surface area (Å²) in [7, 11) is 1.32. The molecule has 0 atom stereocenters. The number of carboxylic acid groups (broad SMARTS) is 1. The van der Waals surface area contributed by atoms with Crippen molar-refractivity contribution in [3.8, 4) is 0 Å². The molecule has 0 aliphatic carbocycles. The summed E-state index contributed by atoms with van der Waals surface area (Å²) in [4.78, 5) is 15.1. The van der Waals surface area contributed by atoms with Gasteiger partial charge in [-0.2, -0.15) is 0 Å². The van der Waals surface area contributed by atoms with E-state index in [1.807, 2.05) is 36.4 Å². The first-order valence-corrected chi connectivity index (χ1v) is 5.72. The highest BCUT2D eigenvalue weighted by Gasteiger charge is 2.03. The Kier molecular flexibility index (Phi) is 3.93. The number of rotatable bonds is 4. The molecule has 1 N–H and O–H groups in total. The monoisotopic (exact) mass is 255 g/mol. The van der Waals surface area contributed by atoms with E-state index in [1.54, 1.807) is 12.2 Å². The third-order valence-corrected chi connectivity index (χ3v) is 2.57. The lowest BCUT2D eigenvalue weighted by molar-refractivity contribution is -0.136. The van der Waals surface area contributed by atoms with Gasteiger partial charge in [0.2, 0.25) is 5.76 Å². The largest absolute Gasteiger partial charge is 0.490 e. The van der Waals surface area contributed by atoms with E-state index in [0.29, 0.717) is 0 Å². The van der Waals surface area contributed by atoms with E-state index in [0.717, 1.165) is 16.6 Å². The van der Waals surface area contributed by atoms with Crippen molar-refractivity contribution in [2.24, 2.45) is 0 Å². The first-order chi connectivity index (χ1) is 9.20. The van der Waals surface area contributed by atoms with Crippen LogP contribution in [0.25, 0.3) is 17.0 Å². The van der Waals surface area contributed by atoms with Crippen molar-refractivity contribution < 1.29 is 14.6 Å². The van der Waals surface area contributed by atoms with Crippen LogP contribution in [0.1, 0.15) is 5.69 Å². The van der Waals surface area contributed by atoms with Crippen molar-refractivity contribution in [3.05, 3.63) is 60.0 Å². The minimum atomic E-state index is -1.10. The first kappa shape index (κ1) is 12.8. The van der Waals surface area contributed by atoms with Gasteiger partial charge in [0.1, 0.15) is 0 Å². The summed E-state index contributed by atoms with van der Waals surface area (Å²) in [6.45, 7) is 0. The minimum absolute atomic E-state index is 0.114. The standard InChI is InChI=1S/C15H13NO3/c1-19-14(15(17)18)8-4-6-12-10-9-11-5-2-3-7-13(11)16-12/h2-10H,1H3,(H,17,18)/b6-4+,14-8+. The van der Waals surface area contributed by atoms with E-state index < -0.39 is 5.97 Å². The number of benzene rings is 1. The Morgan fingerprint density at radius 3 is 2.79 bits per heavy atom. The third kappa shape index (κ3) is 3.19. The maximum atomic E-state index is 10.7. The van der Waals surface area contributed by atoms with E-state index in [4.69, 9.17) is 9.84 Å². The molecule has 0 amide bonds. The van der Waals surface area contributed by atoms with Gasteiger partial charge >= 0.3 is 5.97 Å². The molecule has 96 valence electrons. The maximum Gasteiger partial charge on any atom is 0.371 e. The van der Waals surface area contributed by atoms with Crippen LogP contribution >= 0.6 is 0 Å². The number of nitrogens with zero attached hydrogens (tertiary/aromatic N) is 1. The van der Waals surface area contributed by atoms with E-state index >= 15 is 0 Å². The molecule has 2 aromatic rings. The van der Waals surface area contributed by atoms with Gasteiger partial charge < -0.3 is 9.84 Å². The average Bonchev–Trinajstić information content (AvgIpc) is 2.43. The Morgan fingerprint density at radius 2 is 2.05 bits per heavy atom. The van der Waals surface area contributed by atoms with Gasteiger partial charge in [-0.15, -0.1) is 0 Å². The maximum absolute atomic E-state index is 10.7. The Balaban J connectivity index is 2.23. The molecule has 2 rings (SSSR count). The van der Waals surface area contributed by atoms with E-state index in [-0.39, 0.29) is 5.76 Å². The molecule has 0 saturated heterocycles. The third-order valence-electron chi connectivity index (χ3n) is 2.57. The fourth-order valence-corrected chi connectivity index (χ4v) is 1.64. The van der Waals surface area contributed by atoms with E-state index in [1.165, 1.54) is 13.2 Å². The van der Waals surface area contributed by atoms with Gasteiger partial charge in [-0.1, -0.05) is 30.3 Å². The minimum Gasteiger partial charge on any atom is -0.490 e. The molecule has 0 saturated carbocycles. The molecular weight excluding hydrogens is 242 g/mol. The highest BCUT2D eigenvalue weighted by molar-refractivity contribution is 5.85. The SMILES string of the molecule is CO/C(=C/C=C/c1ccc2ccccc2n1)C(=O)O. The molecule has 0 bridgehead atoms. The summed E-state index contributed by atoms with van der Waals surface area (Å²) < 4.78 is 4.71. The lowest BCUT2D eigenvalue weighted by Gasteiger charge is -1.98. The Morgan fingerprint density at radius 1 is 1.26 bits per heavy atom. The quantitative estimate of drug-likeness (QED) is 0.518. The lowest BCUT2D eigenvalue weighted by Crippen LogP contribution is -2.01. The summed E-state index contributed by atoms with van der Waals surface area (Å²) in [6.07, 6.45) is 4.72. The van der Waals surface area contributed by atoms with Crippen LogP contribution in [0.4, 0.5) is 0 Å². The second kappa shape index (κ2) is 5.82. The average molecular weight is 255 g/mol. The topological polar surface area (TPSA) is 59.4 Å². The number of allylic oxidation sites excluding steroid dienone is 2. The second-order valence-electron chi connectivity index (χ2n) is 3.83. The van der Waals surface area contributed by atoms with Gasteiger partial charge in [-0.25, -0.2) is 9.78 Å². The molecule has 0 spiro atoms. The van der Waals surface area contributed by atoms with Gasteiger partial charge in [0.25, 0.3) is 0 Å². The second-order valence-corrected chi connectivity index (χ2v) is 3.83. The zero-order valence-corrected chi connectivity index (χ0v) is 10.4. The van der Waals surface area contributed by atoms with Crippen molar-refractivity contribution in [3.63, 3.8) is 0 Å². The van der Waals surface area contributed by atoms with Crippen LogP contribution in [-0.2, 0) is 9.53 Å². The zero-order chi connectivity index (χ0) is 13.7. The number of hydrogen-bond donors (Lipinski definition) is 1. The summed E-state index contributed by atoms with van der Waals surface area (Å²) in [6, 6.07) is 11.7. The van der Waals surface area contributed by atoms with Crippen molar-refractivity contribution in [1.29, 1.82) is 0 Å². The molecule has 1 aromatic heterocycles. The Labute approximate surface area is 110 Å². The highest BCUT2D eigenvalue weighted by Crippen LogP contribution is 2.12. The van der Waals surface area contributed by atoms with Crippen molar-refractivity contribution in [1.82, 2.24) is 4.98 Å². The van der Waals surface area contributed by atoms with Crippen LogP contribution in [0.2, 0.25) is 0 Å². The normalized spacial score (nSPS) is 11.9. The molecule has 4 heteroatoms. The van der Waals surface area contributed by atoms with Crippen molar-refractivity contribution >= 4 is 22.9 Å². The lowest BCUT2D eigenvalue weighted by atomic mass is 10.2. The van der Waals surface area contributed by atoms with Gasteiger partial charge in [-0.3, -0.25) is 0 Å². The number of fused-ring (bicyclic) bond motifs is 1. The Bertz CT molecular complexity index is 659. The fraction of sp³-hybridized carbons (Fsp3) is 0.0667. The molecule has 0 aliphatic heterocycles. The van der Waals surface area contributed by atoms with Crippen LogP contribution in [0.3, 0.4) is 0 Å². The van der Waals surface area contributed by atoms with Crippen LogP contribution < -0.4 is 0 Å². The molecule has 0 aliphatic rings. The van der Waals surface area contributed by atoms with Crippen molar-refractivity contribution in [2.45, 2.75) is 0 Å². The van der Waals surface area contributed by atoms with Gasteiger partial charge in [0.05, 0.1) is 18.3 Å². The number of methoxy groups -OCH3 is 1. The first-order valence-electron chi connectivity index (χ1n) is 5.72. The van der Waals surface area contributed by atoms with Gasteiger partial charge in [-0.05, 0) is 24.3 Å². The number of hydrogen-bond acceptors (Lipinski definition) is 3. The number of carbonyl (C=O) groups is 1. The molecule has 1 aromatic carbocycles. The number of aromatic nitrogens is 1. The molecule has 19 heavy (non-hydrogen) atoms. The highest BCUT2D eigenvalue weighted by atomic mass is 16.5. The van der Waals surface area contributed by atoms with E-state index in [2.05, 4.69) is 4.98 Å². The predicted molar refractivity (Wildman–Crippen MR) is 73.5 cm³/mol. The predicted octanol–water partition coefficient (Wildman–Crippen LogP) is 2.86. The van der Waals surface area contributed by atoms with Crippen LogP contribution in [0.5, 0.6) is 0 Å². The number of pyridine rings is 1. The van der Waals surface area contributed by atoms with Crippen LogP contribution in [0.15, 0.2) is 54.3 Å².